The van der Waals surface area contributed by atoms with Gasteiger partial charge in [0.1, 0.15) is 6.61 Å². The van der Waals surface area contributed by atoms with Crippen LogP contribution in [0.3, 0.4) is 0 Å². The van der Waals surface area contributed by atoms with Gasteiger partial charge in [0.05, 0.1) is 13.2 Å². The first-order chi connectivity index (χ1) is 11.2. The second kappa shape index (κ2) is 12.2. The molecule has 0 saturated heterocycles. The van der Waals surface area contributed by atoms with Crippen molar-refractivity contribution >= 4 is 19.8 Å². The highest BCUT2D eigenvalue weighted by Gasteiger charge is 2.25. The molecule has 24 heavy (non-hydrogen) atoms. The molecule has 0 amide bonds. The molecule has 9 nitrogen and oxygen atoms in total. The van der Waals surface area contributed by atoms with Gasteiger partial charge in [0.25, 0.3) is 0 Å². The first-order valence-corrected chi connectivity index (χ1v) is 9.02. The molecule has 0 radical (unpaired) electrons. The topological polar surface area (TPSA) is 112 Å². The molecule has 0 aromatic rings. The number of phosphoric ester groups is 1. The zero-order chi connectivity index (χ0) is 18.6. The summed E-state index contributed by atoms with van der Waals surface area (Å²) in [6.45, 7) is 7.23. The Morgan fingerprint density at radius 3 is 2.50 bits per heavy atom. The molecule has 0 heterocycles. The van der Waals surface area contributed by atoms with E-state index in [1.165, 1.54) is 0 Å². The highest BCUT2D eigenvalue weighted by Crippen LogP contribution is 2.43. The molecule has 0 fully saturated rings. The van der Waals surface area contributed by atoms with Gasteiger partial charge in [-0.15, -0.1) is 0 Å². The Hall–Kier alpha value is -1.25. The number of ether oxygens (including phenoxy) is 2. The summed E-state index contributed by atoms with van der Waals surface area (Å²) in [5.74, 6) is -1.27. The van der Waals surface area contributed by atoms with Gasteiger partial charge in [0.2, 0.25) is 0 Å². The van der Waals surface area contributed by atoms with Crippen molar-refractivity contribution in [3.05, 3.63) is 12.7 Å². The molecule has 0 saturated carbocycles. The smallest absolute Gasteiger partial charge is 0.462 e. The second-order valence-corrected chi connectivity index (χ2v) is 6.25. The molecule has 1 N–H and O–H groups in total. The lowest BCUT2D eigenvalue weighted by atomic mass is 10.4. The monoisotopic (exact) mass is 367 g/mol. The van der Waals surface area contributed by atoms with Crippen LogP contribution in [0.5, 0.6) is 0 Å². The number of likely N-dealkylation sites (N-methyl/N-ethyl adjacent to an activating group) is 1. The molecule has 0 rings (SSSR count). The number of nitrogens with zero attached hydrogens (tertiary/aromatic N) is 1. The lowest BCUT2D eigenvalue weighted by Crippen LogP contribution is -2.29. The van der Waals surface area contributed by atoms with Crippen LogP contribution < -0.4 is 0 Å². The molecule has 140 valence electrons. The van der Waals surface area contributed by atoms with Gasteiger partial charge in [-0.2, -0.15) is 0 Å². The third-order valence-electron chi connectivity index (χ3n) is 2.86. The van der Waals surface area contributed by atoms with E-state index in [1.54, 1.807) is 6.92 Å². The third kappa shape index (κ3) is 11.3. The first kappa shape index (κ1) is 22.8. The summed E-state index contributed by atoms with van der Waals surface area (Å²) in [5, 5.41) is 0. The van der Waals surface area contributed by atoms with E-state index < -0.39 is 32.5 Å². The van der Waals surface area contributed by atoms with E-state index in [0.717, 1.165) is 12.6 Å². The highest BCUT2D eigenvalue weighted by atomic mass is 31.2. The van der Waals surface area contributed by atoms with E-state index >= 15 is 0 Å². The molecule has 0 aromatic heterocycles. The number of carbonyl (C=O) groups is 2. The zero-order valence-electron chi connectivity index (χ0n) is 14.3. The van der Waals surface area contributed by atoms with E-state index in [4.69, 9.17) is 18.5 Å². The molecule has 0 aliphatic rings. The Morgan fingerprint density at radius 1 is 1.29 bits per heavy atom. The standard InChI is InChI=1S/C14H26NO8P/c1-5-13(16)20-10-12(23-14(17)6-2)11-22-24(18,19)21-9-8-15(4)7-3/h6,12H,2,5,7-11H2,1,3-4H3,(H,18,19). The van der Waals surface area contributed by atoms with Crippen molar-refractivity contribution in [1.82, 2.24) is 4.90 Å². The maximum atomic E-state index is 11.8. The maximum Gasteiger partial charge on any atom is 0.472 e. The van der Waals surface area contributed by atoms with Crippen LogP contribution in [0.25, 0.3) is 0 Å². The zero-order valence-corrected chi connectivity index (χ0v) is 15.2. The Morgan fingerprint density at radius 2 is 1.96 bits per heavy atom. The van der Waals surface area contributed by atoms with Gasteiger partial charge >= 0.3 is 19.8 Å². The van der Waals surface area contributed by atoms with Crippen molar-refractivity contribution < 1.29 is 37.6 Å². The summed E-state index contributed by atoms with van der Waals surface area (Å²) in [4.78, 5) is 33.9. The highest BCUT2D eigenvalue weighted by molar-refractivity contribution is 7.47. The second-order valence-electron chi connectivity index (χ2n) is 4.79. The summed E-state index contributed by atoms with van der Waals surface area (Å²) in [6, 6.07) is 0. The Kier molecular flexibility index (Phi) is 11.5. The molecule has 0 aromatic carbocycles. The number of rotatable bonds is 13. The van der Waals surface area contributed by atoms with Crippen molar-refractivity contribution in [3.63, 3.8) is 0 Å². The van der Waals surface area contributed by atoms with E-state index in [-0.39, 0.29) is 19.6 Å². The van der Waals surface area contributed by atoms with Crippen LogP contribution in [0.4, 0.5) is 0 Å². The van der Waals surface area contributed by atoms with Gasteiger partial charge in [-0.05, 0) is 13.6 Å². The molecule has 2 atom stereocenters. The average Bonchev–Trinajstić information content (AvgIpc) is 2.56. The molecule has 0 aliphatic carbocycles. The van der Waals surface area contributed by atoms with Crippen LogP contribution in [-0.2, 0) is 32.7 Å². The predicted molar refractivity (Wildman–Crippen MR) is 86.2 cm³/mol. The largest absolute Gasteiger partial charge is 0.472 e. The SMILES string of the molecule is C=CC(=O)OC(COC(=O)CC)COP(=O)(O)OCCN(C)CC. The molecular weight excluding hydrogens is 341 g/mol. The van der Waals surface area contributed by atoms with Crippen LogP contribution >= 0.6 is 7.82 Å². The van der Waals surface area contributed by atoms with Crippen molar-refractivity contribution in [2.45, 2.75) is 26.4 Å². The van der Waals surface area contributed by atoms with Gasteiger partial charge in [-0.25, -0.2) is 9.36 Å². The third-order valence-corrected chi connectivity index (χ3v) is 3.84. The van der Waals surface area contributed by atoms with Crippen LogP contribution in [0.2, 0.25) is 0 Å². The van der Waals surface area contributed by atoms with Gasteiger partial charge in [0, 0.05) is 19.0 Å². The minimum absolute atomic E-state index is 0.0000502. The summed E-state index contributed by atoms with van der Waals surface area (Å²) in [5.41, 5.74) is 0. The summed E-state index contributed by atoms with van der Waals surface area (Å²) in [7, 11) is -2.47. The van der Waals surface area contributed by atoms with E-state index in [9.17, 15) is 19.0 Å². The fourth-order valence-corrected chi connectivity index (χ4v) is 2.04. The quantitative estimate of drug-likeness (QED) is 0.291. The normalized spacial score (nSPS) is 14.7. The van der Waals surface area contributed by atoms with Gasteiger partial charge in [-0.3, -0.25) is 13.8 Å². The number of phosphoric acid groups is 1. The van der Waals surface area contributed by atoms with Gasteiger partial charge in [-0.1, -0.05) is 20.4 Å². The van der Waals surface area contributed by atoms with Crippen LogP contribution in [0, 0.1) is 0 Å². The van der Waals surface area contributed by atoms with Crippen molar-refractivity contribution in [2.24, 2.45) is 0 Å². The molecule has 10 heteroatoms. The molecule has 0 aliphatic heterocycles. The van der Waals surface area contributed by atoms with Crippen LogP contribution in [0.15, 0.2) is 12.7 Å². The number of hydrogen-bond donors (Lipinski definition) is 1. The lowest BCUT2D eigenvalue weighted by molar-refractivity contribution is -0.157. The number of esters is 2. The van der Waals surface area contributed by atoms with E-state index in [2.05, 4.69) is 6.58 Å². The number of hydrogen-bond acceptors (Lipinski definition) is 8. The van der Waals surface area contributed by atoms with Crippen molar-refractivity contribution in [3.8, 4) is 0 Å². The van der Waals surface area contributed by atoms with E-state index in [0.29, 0.717) is 6.54 Å². The van der Waals surface area contributed by atoms with Crippen molar-refractivity contribution in [2.75, 3.05) is 40.0 Å². The molecule has 0 spiro atoms. The Labute approximate surface area is 142 Å². The maximum absolute atomic E-state index is 11.8. The summed E-state index contributed by atoms with van der Waals surface area (Å²) >= 11 is 0. The van der Waals surface area contributed by atoms with Crippen LogP contribution in [-0.4, -0.2) is 67.8 Å². The fraction of sp³-hybridized carbons (Fsp3) is 0.714. The predicted octanol–water partition coefficient (Wildman–Crippen LogP) is 1.12. The van der Waals surface area contributed by atoms with E-state index in [1.807, 2.05) is 18.9 Å². The van der Waals surface area contributed by atoms with Gasteiger partial charge < -0.3 is 19.3 Å². The fourth-order valence-electron chi connectivity index (χ4n) is 1.30. The minimum atomic E-state index is -4.30. The Bertz CT molecular complexity index is 456. The summed E-state index contributed by atoms with van der Waals surface area (Å²) < 4.78 is 31.1. The minimum Gasteiger partial charge on any atom is -0.462 e. The van der Waals surface area contributed by atoms with Crippen LogP contribution in [0.1, 0.15) is 20.3 Å². The molecule has 2 unspecified atom stereocenters. The molecular formula is C14H26NO8P. The molecule has 0 bridgehead atoms. The van der Waals surface area contributed by atoms with Gasteiger partial charge in [0.15, 0.2) is 6.10 Å². The van der Waals surface area contributed by atoms with Crippen molar-refractivity contribution in [1.29, 1.82) is 0 Å². The lowest BCUT2D eigenvalue weighted by Gasteiger charge is -2.20. The average molecular weight is 367 g/mol. The Balaban J connectivity index is 4.43. The summed E-state index contributed by atoms with van der Waals surface area (Å²) in [6.07, 6.45) is 0.0215. The number of carbonyl (C=O) groups excluding carboxylic acids is 2. The first-order valence-electron chi connectivity index (χ1n) is 7.53.